The van der Waals surface area contributed by atoms with Gasteiger partial charge in [-0.1, -0.05) is 18.7 Å². The van der Waals surface area contributed by atoms with Gasteiger partial charge < -0.3 is 18.9 Å². The largest absolute Gasteiger partial charge is 0.497 e. The van der Waals surface area contributed by atoms with Crippen molar-refractivity contribution in [1.82, 2.24) is 0 Å². The maximum Gasteiger partial charge on any atom is 0.138 e. The van der Waals surface area contributed by atoms with E-state index in [2.05, 4.69) is 6.58 Å². The molecule has 0 amide bonds. The second kappa shape index (κ2) is 5.99. The van der Waals surface area contributed by atoms with E-state index in [1.54, 1.807) is 7.11 Å². The molecular formula is C19H22O5. The molecule has 2 aliphatic heterocycles. The number of ketones is 1. The predicted octanol–water partition coefficient (Wildman–Crippen LogP) is 2.38. The van der Waals surface area contributed by atoms with E-state index in [9.17, 15) is 4.79 Å². The third-order valence-electron chi connectivity index (χ3n) is 5.41. The van der Waals surface area contributed by atoms with Gasteiger partial charge in [0.2, 0.25) is 0 Å². The fourth-order valence-electron chi connectivity index (χ4n) is 4.00. The van der Waals surface area contributed by atoms with Gasteiger partial charge in [0.1, 0.15) is 23.2 Å². The predicted molar refractivity (Wildman–Crippen MR) is 88.0 cm³/mol. The van der Waals surface area contributed by atoms with Gasteiger partial charge in [-0.3, -0.25) is 4.79 Å². The van der Waals surface area contributed by atoms with Gasteiger partial charge in [0.05, 0.1) is 32.5 Å². The fraction of sp³-hybridized carbons (Fsp3) is 0.526. The lowest BCUT2D eigenvalue weighted by atomic mass is 9.77. The molecule has 0 aromatic heterocycles. The first-order valence-corrected chi connectivity index (χ1v) is 8.38. The van der Waals surface area contributed by atoms with Crippen LogP contribution >= 0.6 is 0 Å². The number of ether oxygens (including phenoxy) is 4. The highest BCUT2D eigenvalue weighted by molar-refractivity contribution is 5.81. The van der Waals surface area contributed by atoms with Crippen molar-refractivity contribution in [3.8, 4) is 5.75 Å². The molecule has 3 fully saturated rings. The first-order chi connectivity index (χ1) is 11.6. The van der Waals surface area contributed by atoms with Crippen molar-refractivity contribution >= 4 is 11.4 Å². The number of Topliss-reactive ketones (excluding diaryl/α,β-unsaturated/α-hetero) is 1. The van der Waals surface area contributed by atoms with E-state index in [0.29, 0.717) is 26.1 Å². The Labute approximate surface area is 141 Å². The minimum Gasteiger partial charge on any atom is -0.497 e. The monoisotopic (exact) mass is 330 g/mol. The lowest BCUT2D eigenvalue weighted by Crippen LogP contribution is -2.62. The molecule has 0 bridgehead atoms. The lowest BCUT2D eigenvalue weighted by molar-refractivity contribution is -0.246. The normalized spacial score (nSPS) is 35.2. The van der Waals surface area contributed by atoms with Crippen LogP contribution in [0.5, 0.6) is 5.75 Å². The summed E-state index contributed by atoms with van der Waals surface area (Å²) in [5, 5.41) is 0. The molecule has 1 aromatic rings. The molecule has 128 valence electrons. The minimum atomic E-state index is -0.454. The number of benzene rings is 1. The second-order valence-corrected chi connectivity index (χ2v) is 6.69. The molecule has 4 rings (SSSR count). The average Bonchev–Trinajstić information content (AvgIpc) is 3.01. The van der Waals surface area contributed by atoms with Crippen molar-refractivity contribution in [3.05, 3.63) is 36.4 Å². The molecule has 5 nitrogen and oxygen atoms in total. The van der Waals surface area contributed by atoms with Crippen LogP contribution in [0, 0.1) is 0 Å². The molecule has 0 N–H and O–H groups in total. The van der Waals surface area contributed by atoms with E-state index in [0.717, 1.165) is 23.3 Å². The summed E-state index contributed by atoms with van der Waals surface area (Å²) < 4.78 is 23.5. The van der Waals surface area contributed by atoms with Crippen molar-refractivity contribution in [1.29, 1.82) is 0 Å². The zero-order valence-corrected chi connectivity index (χ0v) is 13.8. The van der Waals surface area contributed by atoms with E-state index >= 15 is 0 Å². The third-order valence-corrected chi connectivity index (χ3v) is 5.41. The van der Waals surface area contributed by atoms with Gasteiger partial charge in [0.15, 0.2) is 0 Å². The third kappa shape index (κ3) is 2.48. The van der Waals surface area contributed by atoms with Gasteiger partial charge in [-0.2, -0.15) is 0 Å². The van der Waals surface area contributed by atoms with Crippen molar-refractivity contribution < 1.29 is 23.7 Å². The van der Waals surface area contributed by atoms with Crippen molar-refractivity contribution in [2.75, 3.05) is 20.3 Å². The molecule has 4 atom stereocenters. The van der Waals surface area contributed by atoms with E-state index in [1.165, 1.54) is 0 Å². The number of hydrogen-bond donors (Lipinski definition) is 0. The van der Waals surface area contributed by atoms with Crippen LogP contribution in [0.1, 0.15) is 24.8 Å². The Balaban J connectivity index is 1.52. The molecule has 0 radical (unpaired) electrons. The molecule has 0 unspecified atom stereocenters. The highest BCUT2D eigenvalue weighted by Crippen LogP contribution is 2.45. The maximum atomic E-state index is 12.0. The van der Waals surface area contributed by atoms with E-state index in [4.69, 9.17) is 18.9 Å². The second-order valence-electron chi connectivity index (χ2n) is 6.69. The number of carbonyl (C=O) groups excluding carboxylic acids is 1. The first kappa shape index (κ1) is 15.8. The smallest absolute Gasteiger partial charge is 0.138 e. The Morgan fingerprint density at radius 3 is 2.75 bits per heavy atom. The van der Waals surface area contributed by atoms with Crippen LogP contribution in [-0.2, 0) is 19.0 Å². The molecule has 1 saturated carbocycles. The fourth-order valence-corrected chi connectivity index (χ4v) is 4.00. The average molecular weight is 330 g/mol. The highest BCUT2D eigenvalue weighted by Gasteiger charge is 2.58. The summed E-state index contributed by atoms with van der Waals surface area (Å²) in [6.07, 6.45) is 0.952. The van der Waals surface area contributed by atoms with Crippen molar-refractivity contribution in [3.63, 3.8) is 0 Å². The van der Waals surface area contributed by atoms with E-state index in [-0.39, 0.29) is 24.1 Å². The van der Waals surface area contributed by atoms with Crippen LogP contribution in [0.2, 0.25) is 0 Å². The van der Waals surface area contributed by atoms with Crippen LogP contribution < -0.4 is 4.74 Å². The number of hydrogen-bond acceptors (Lipinski definition) is 5. The van der Waals surface area contributed by atoms with E-state index in [1.807, 2.05) is 24.3 Å². The summed E-state index contributed by atoms with van der Waals surface area (Å²) in [7, 11) is 1.64. The van der Waals surface area contributed by atoms with Gasteiger partial charge in [-0.05, 0) is 23.3 Å². The summed E-state index contributed by atoms with van der Waals surface area (Å²) in [4.78, 5) is 12.0. The summed E-state index contributed by atoms with van der Waals surface area (Å²) >= 11 is 0. The van der Waals surface area contributed by atoms with Crippen LogP contribution in [0.25, 0.3) is 5.57 Å². The van der Waals surface area contributed by atoms with Gasteiger partial charge in [0, 0.05) is 19.3 Å². The summed E-state index contributed by atoms with van der Waals surface area (Å²) in [6.45, 7) is 5.25. The van der Waals surface area contributed by atoms with Gasteiger partial charge in [-0.15, -0.1) is 0 Å². The molecule has 5 heteroatoms. The van der Waals surface area contributed by atoms with Crippen LogP contribution in [0.4, 0.5) is 0 Å². The van der Waals surface area contributed by atoms with E-state index < -0.39 is 5.60 Å². The van der Waals surface area contributed by atoms with Crippen LogP contribution in [0.15, 0.2) is 30.8 Å². The molecule has 24 heavy (non-hydrogen) atoms. The molecule has 1 aromatic carbocycles. The number of carbonyl (C=O) groups is 1. The summed E-state index contributed by atoms with van der Waals surface area (Å²) in [5.41, 5.74) is 1.40. The topological polar surface area (TPSA) is 54.0 Å². The molecule has 1 spiro atoms. The molecule has 2 saturated heterocycles. The van der Waals surface area contributed by atoms with Crippen LogP contribution in [-0.4, -0.2) is 50.0 Å². The number of methoxy groups -OCH3 is 1. The van der Waals surface area contributed by atoms with Crippen LogP contribution in [0.3, 0.4) is 0 Å². The van der Waals surface area contributed by atoms with Gasteiger partial charge >= 0.3 is 0 Å². The lowest BCUT2D eigenvalue weighted by Gasteiger charge is -2.49. The zero-order chi connectivity index (χ0) is 16.7. The van der Waals surface area contributed by atoms with Gasteiger partial charge in [-0.25, -0.2) is 0 Å². The highest BCUT2D eigenvalue weighted by atomic mass is 16.6. The summed E-state index contributed by atoms with van der Waals surface area (Å²) in [6, 6.07) is 7.72. The number of rotatable bonds is 3. The standard InChI is InChI=1S/C19H22O5/c1-12(13-3-5-15(21-2)6-4-13)16-11-23-19-7-8-22-17(19)9-14(20)10-18(19)24-16/h3-6,16-18H,1,7-11H2,2H3/t16-,17-,18-,19+/m1/s1. The van der Waals surface area contributed by atoms with Crippen molar-refractivity contribution in [2.24, 2.45) is 0 Å². The Bertz CT molecular complexity index is 652. The summed E-state index contributed by atoms with van der Waals surface area (Å²) in [5.74, 6) is 0.983. The molecule has 2 heterocycles. The SMILES string of the molecule is C=C(c1ccc(OC)cc1)[C@H]1CO[C@@]23CCO[C@@H]2CC(=O)C[C@H]3O1. The quantitative estimate of drug-likeness (QED) is 0.852. The Kier molecular flexibility index (Phi) is 3.95. The Hall–Kier alpha value is -1.69. The maximum absolute atomic E-state index is 12.0. The van der Waals surface area contributed by atoms with Crippen molar-refractivity contribution in [2.45, 2.75) is 43.2 Å². The molecule has 3 aliphatic rings. The molecule has 1 aliphatic carbocycles. The Morgan fingerprint density at radius 2 is 2.00 bits per heavy atom. The Morgan fingerprint density at radius 1 is 1.25 bits per heavy atom. The zero-order valence-electron chi connectivity index (χ0n) is 13.8. The first-order valence-electron chi connectivity index (χ1n) is 8.38. The minimum absolute atomic E-state index is 0.168. The molecular weight excluding hydrogens is 308 g/mol. The van der Waals surface area contributed by atoms with Gasteiger partial charge in [0.25, 0.3) is 0 Å².